The predicted octanol–water partition coefficient (Wildman–Crippen LogP) is 10.9. The summed E-state index contributed by atoms with van der Waals surface area (Å²) in [6, 6.07) is 0. The van der Waals surface area contributed by atoms with Crippen molar-refractivity contribution in [2.75, 3.05) is 0 Å². The lowest BCUT2D eigenvalue weighted by Crippen LogP contribution is -2.03. The van der Waals surface area contributed by atoms with Crippen LogP contribution in [0.15, 0.2) is 11.6 Å². The quantitative estimate of drug-likeness (QED) is 0.0506. The fourth-order valence-corrected chi connectivity index (χ4v) is 6.78. The lowest BCUT2D eigenvalue weighted by Gasteiger charge is -2.03. The Balaban J connectivity index is 0.973. The van der Waals surface area contributed by atoms with Gasteiger partial charge in [-0.15, -0.1) is 0 Å². The molecule has 3 heterocycles. The van der Waals surface area contributed by atoms with Crippen LogP contribution in [0.1, 0.15) is 187 Å². The van der Waals surface area contributed by atoms with Gasteiger partial charge in [-0.1, -0.05) is 142 Å². The van der Waals surface area contributed by atoms with E-state index < -0.39 is 0 Å². The molecule has 3 aliphatic rings. The molecule has 0 aromatic heterocycles. The molecular formula is C37H66O4. The van der Waals surface area contributed by atoms with Gasteiger partial charge in [0.2, 0.25) is 0 Å². The fraction of sp³-hybridized carbons (Fsp3) is 0.919. The lowest BCUT2D eigenvalue weighted by molar-refractivity contribution is -0.139. The van der Waals surface area contributed by atoms with E-state index in [1.54, 1.807) is 0 Å². The predicted molar refractivity (Wildman–Crippen MR) is 171 cm³/mol. The molecule has 41 heavy (non-hydrogen) atoms. The molecule has 3 aliphatic heterocycles. The summed E-state index contributed by atoms with van der Waals surface area (Å²) in [5.41, 5.74) is 0.897. The Kier molecular flexibility index (Phi) is 18.4. The number of cyclic esters (lactones) is 1. The number of carbonyl (C=O) groups excluding carboxylic acids is 1. The first-order valence-electron chi connectivity index (χ1n) is 18.4. The van der Waals surface area contributed by atoms with Gasteiger partial charge in [-0.2, -0.15) is 0 Å². The summed E-state index contributed by atoms with van der Waals surface area (Å²) in [5.74, 6) is -0.0929. The zero-order valence-electron chi connectivity index (χ0n) is 27.2. The van der Waals surface area contributed by atoms with Gasteiger partial charge < -0.3 is 14.2 Å². The molecule has 0 aromatic carbocycles. The van der Waals surface area contributed by atoms with Gasteiger partial charge in [0, 0.05) is 5.57 Å². The van der Waals surface area contributed by atoms with Gasteiger partial charge in [0.15, 0.2) is 0 Å². The van der Waals surface area contributed by atoms with Crippen LogP contribution < -0.4 is 0 Å². The minimum Gasteiger partial charge on any atom is -0.455 e. The van der Waals surface area contributed by atoms with Gasteiger partial charge in [-0.05, 0) is 51.5 Å². The van der Waals surface area contributed by atoms with E-state index in [0.717, 1.165) is 18.4 Å². The summed E-state index contributed by atoms with van der Waals surface area (Å²) in [4.78, 5) is 11.6. The molecule has 4 heteroatoms. The van der Waals surface area contributed by atoms with E-state index in [0.29, 0.717) is 24.4 Å². The van der Waals surface area contributed by atoms with Crippen LogP contribution in [0, 0.1) is 0 Å². The molecular weight excluding hydrogens is 508 g/mol. The number of carbonyl (C=O) groups is 1. The molecule has 2 saturated heterocycles. The summed E-state index contributed by atoms with van der Waals surface area (Å²) in [6.45, 7) is 4.23. The molecule has 3 rings (SSSR count). The van der Waals surface area contributed by atoms with Crippen LogP contribution in [0.5, 0.6) is 0 Å². The van der Waals surface area contributed by atoms with Crippen LogP contribution >= 0.6 is 0 Å². The standard InChI is InChI=1S/C37H66O4/c1-3-4-5-6-7-8-14-17-20-23-26-33-35(40-33)28-29-36-34(41-36)27-24-21-18-15-12-10-9-11-13-16-19-22-25-32-30-31(2)39-37(32)38/h30-31,33-36H,3-29H2,1-2H3/t31-,33?,34?,35?,36?/m0/s1. The molecule has 5 atom stereocenters. The summed E-state index contributed by atoms with van der Waals surface area (Å²) < 4.78 is 17.1. The minimum atomic E-state index is -0.0929. The van der Waals surface area contributed by atoms with Crippen LogP contribution in [0.25, 0.3) is 0 Å². The Hall–Kier alpha value is -0.870. The zero-order valence-corrected chi connectivity index (χ0v) is 27.2. The zero-order chi connectivity index (χ0) is 29.0. The van der Waals surface area contributed by atoms with E-state index >= 15 is 0 Å². The first kappa shape index (κ1) is 34.6. The van der Waals surface area contributed by atoms with E-state index in [1.165, 1.54) is 161 Å². The Labute approximate surface area is 254 Å². The van der Waals surface area contributed by atoms with Crippen LogP contribution in [0.4, 0.5) is 0 Å². The lowest BCUT2D eigenvalue weighted by atomic mass is 10.0. The van der Waals surface area contributed by atoms with Crippen molar-refractivity contribution in [3.63, 3.8) is 0 Å². The number of hydrogen-bond donors (Lipinski definition) is 0. The van der Waals surface area contributed by atoms with E-state index in [4.69, 9.17) is 14.2 Å². The van der Waals surface area contributed by atoms with Crippen molar-refractivity contribution < 1.29 is 19.0 Å². The molecule has 0 bridgehead atoms. The first-order chi connectivity index (χ1) is 20.2. The van der Waals surface area contributed by atoms with Crippen molar-refractivity contribution >= 4 is 5.97 Å². The second kappa shape index (κ2) is 21.8. The molecule has 4 nitrogen and oxygen atoms in total. The van der Waals surface area contributed by atoms with Gasteiger partial charge in [-0.3, -0.25) is 0 Å². The van der Waals surface area contributed by atoms with Gasteiger partial charge in [0.1, 0.15) is 6.10 Å². The van der Waals surface area contributed by atoms with Crippen molar-refractivity contribution in [3.8, 4) is 0 Å². The number of epoxide rings is 2. The monoisotopic (exact) mass is 574 g/mol. The molecule has 4 unspecified atom stereocenters. The minimum absolute atomic E-state index is 0.0214. The molecule has 0 saturated carbocycles. The topological polar surface area (TPSA) is 51.4 Å². The number of hydrogen-bond acceptors (Lipinski definition) is 4. The largest absolute Gasteiger partial charge is 0.455 e. The summed E-state index contributed by atoms with van der Waals surface area (Å²) >= 11 is 0. The third-order valence-corrected chi connectivity index (χ3v) is 9.63. The average Bonchev–Trinajstić information content (AvgIpc) is 3.87. The van der Waals surface area contributed by atoms with E-state index in [-0.39, 0.29) is 12.1 Å². The van der Waals surface area contributed by atoms with E-state index in [2.05, 4.69) is 6.92 Å². The van der Waals surface area contributed by atoms with Gasteiger partial charge in [0.25, 0.3) is 0 Å². The molecule has 0 N–H and O–H groups in total. The molecule has 0 amide bonds. The van der Waals surface area contributed by atoms with Crippen molar-refractivity contribution in [2.45, 2.75) is 218 Å². The van der Waals surface area contributed by atoms with Crippen molar-refractivity contribution in [2.24, 2.45) is 0 Å². The number of rotatable bonds is 29. The molecule has 0 aliphatic carbocycles. The second-order valence-corrected chi connectivity index (χ2v) is 13.6. The van der Waals surface area contributed by atoms with Crippen LogP contribution in [0.2, 0.25) is 0 Å². The summed E-state index contributed by atoms with van der Waals surface area (Å²) in [6.07, 6.45) is 40.3. The molecule has 0 spiro atoms. The molecule has 0 aromatic rings. The van der Waals surface area contributed by atoms with Crippen LogP contribution in [-0.2, 0) is 19.0 Å². The smallest absolute Gasteiger partial charge is 0.334 e. The van der Waals surface area contributed by atoms with Crippen molar-refractivity contribution in [1.29, 1.82) is 0 Å². The Morgan fingerprint density at radius 2 is 0.878 bits per heavy atom. The highest BCUT2D eigenvalue weighted by molar-refractivity contribution is 5.90. The third kappa shape index (κ3) is 16.5. The van der Waals surface area contributed by atoms with E-state index in [9.17, 15) is 4.79 Å². The van der Waals surface area contributed by atoms with Crippen molar-refractivity contribution in [1.82, 2.24) is 0 Å². The molecule has 238 valence electrons. The maximum Gasteiger partial charge on any atom is 0.334 e. The molecule has 0 radical (unpaired) electrons. The van der Waals surface area contributed by atoms with E-state index in [1.807, 2.05) is 13.0 Å². The van der Waals surface area contributed by atoms with Crippen LogP contribution in [0.3, 0.4) is 0 Å². The number of esters is 1. The Morgan fingerprint density at radius 3 is 1.27 bits per heavy atom. The number of ether oxygens (including phenoxy) is 3. The average molecular weight is 575 g/mol. The Bertz CT molecular complexity index is 703. The highest BCUT2D eigenvalue weighted by Gasteiger charge is 2.42. The maximum atomic E-state index is 11.6. The molecule has 2 fully saturated rings. The highest BCUT2D eigenvalue weighted by Crippen LogP contribution is 2.37. The second-order valence-electron chi connectivity index (χ2n) is 13.6. The van der Waals surface area contributed by atoms with Crippen LogP contribution in [-0.4, -0.2) is 36.5 Å². The number of unbranched alkanes of at least 4 members (excludes halogenated alkanes) is 20. The first-order valence-corrected chi connectivity index (χ1v) is 18.4. The van der Waals surface area contributed by atoms with Gasteiger partial charge >= 0.3 is 5.97 Å². The van der Waals surface area contributed by atoms with Gasteiger partial charge in [0.05, 0.1) is 24.4 Å². The SMILES string of the molecule is CCCCCCCCCCCCC1OC1CCC1OC1CCCCCCCCCCCCCCC1=C[C@H](C)OC1=O. The summed E-state index contributed by atoms with van der Waals surface area (Å²) in [5, 5.41) is 0. The fourth-order valence-electron chi connectivity index (χ4n) is 6.78. The Morgan fingerprint density at radius 1 is 0.512 bits per heavy atom. The van der Waals surface area contributed by atoms with Gasteiger partial charge in [-0.25, -0.2) is 4.79 Å². The maximum absolute atomic E-state index is 11.6. The highest BCUT2D eigenvalue weighted by atomic mass is 16.6. The third-order valence-electron chi connectivity index (χ3n) is 9.63. The summed E-state index contributed by atoms with van der Waals surface area (Å²) in [7, 11) is 0. The van der Waals surface area contributed by atoms with Crippen molar-refractivity contribution in [3.05, 3.63) is 11.6 Å². The normalized spacial score (nSPS) is 25.0.